The molecule has 1 atom stereocenters. The van der Waals surface area contributed by atoms with Gasteiger partial charge in [-0.25, -0.2) is 9.97 Å². The van der Waals surface area contributed by atoms with Crippen LogP contribution in [0, 0.1) is 0 Å². The van der Waals surface area contributed by atoms with Gasteiger partial charge in [0.1, 0.15) is 23.7 Å². The Kier molecular flexibility index (Phi) is 4.17. The summed E-state index contributed by atoms with van der Waals surface area (Å²) in [5, 5.41) is 6.48. The van der Waals surface area contributed by atoms with E-state index in [0.29, 0.717) is 0 Å². The van der Waals surface area contributed by atoms with Gasteiger partial charge in [-0.3, -0.25) is 0 Å². The van der Waals surface area contributed by atoms with Gasteiger partial charge in [0.05, 0.1) is 6.26 Å². The molecule has 18 heavy (non-hydrogen) atoms. The molecular formula is C13H18N4O. The molecule has 2 N–H and O–H groups in total. The van der Waals surface area contributed by atoms with Crippen molar-refractivity contribution in [2.75, 3.05) is 17.2 Å². The van der Waals surface area contributed by atoms with E-state index in [2.05, 4.69) is 27.5 Å². The average molecular weight is 246 g/mol. The van der Waals surface area contributed by atoms with E-state index in [1.807, 2.05) is 25.1 Å². The summed E-state index contributed by atoms with van der Waals surface area (Å²) in [6.45, 7) is 4.98. The molecule has 0 aliphatic rings. The number of hydrogen-bond acceptors (Lipinski definition) is 5. The summed E-state index contributed by atoms with van der Waals surface area (Å²) in [6.07, 6.45) is 4.07. The molecule has 0 amide bonds. The SMILES string of the molecule is CCNc1cc(NC(C)Cc2ccco2)ncn1. The molecule has 0 aliphatic carbocycles. The maximum atomic E-state index is 5.32. The van der Waals surface area contributed by atoms with Crippen LogP contribution in [0.3, 0.4) is 0 Å². The predicted molar refractivity (Wildman–Crippen MR) is 71.7 cm³/mol. The highest BCUT2D eigenvalue weighted by molar-refractivity contribution is 5.46. The van der Waals surface area contributed by atoms with Crippen molar-refractivity contribution >= 4 is 11.6 Å². The van der Waals surface area contributed by atoms with Crippen LogP contribution in [0.25, 0.3) is 0 Å². The standard InChI is InChI=1S/C13H18N4O/c1-3-14-12-8-13(16-9-15-12)17-10(2)7-11-5-4-6-18-11/h4-6,8-10H,3,7H2,1-2H3,(H2,14,15,16,17). The zero-order valence-electron chi connectivity index (χ0n) is 10.7. The van der Waals surface area contributed by atoms with Gasteiger partial charge in [0, 0.05) is 25.1 Å². The summed E-state index contributed by atoms with van der Waals surface area (Å²) in [6, 6.07) is 6.03. The molecule has 2 heterocycles. The van der Waals surface area contributed by atoms with Gasteiger partial charge in [-0.05, 0) is 26.0 Å². The fourth-order valence-electron chi connectivity index (χ4n) is 1.75. The number of nitrogens with one attached hydrogen (secondary N) is 2. The van der Waals surface area contributed by atoms with Crippen LogP contribution in [0.4, 0.5) is 11.6 Å². The minimum absolute atomic E-state index is 0.250. The summed E-state index contributed by atoms with van der Waals surface area (Å²) in [5.41, 5.74) is 0. The van der Waals surface area contributed by atoms with Gasteiger partial charge in [0.2, 0.25) is 0 Å². The van der Waals surface area contributed by atoms with E-state index >= 15 is 0 Å². The maximum Gasteiger partial charge on any atom is 0.131 e. The van der Waals surface area contributed by atoms with Crippen molar-refractivity contribution in [3.63, 3.8) is 0 Å². The highest BCUT2D eigenvalue weighted by Crippen LogP contribution is 2.12. The maximum absolute atomic E-state index is 5.32. The summed E-state index contributed by atoms with van der Waals surface area (Å²) < 4.78 is 5.32. The molecule has 2 rings (SSSR count). The Labute approximate surface area is 107 Å². The van der Waals surface area contributed by atoms with Gasteiger partial charge in [-0.2, -0.15) is 0 Å². The third-order valence-corrected chi connectivity index (χ3v) is 2.51. The Bertz CT molecular complexity index is 470. The Hall–Kier alpha value is -2.04. The summed E-state index contributed by atoms with van der Waals surface area (Å²) in [5.74, 6) is 2.62. The molecule has 1 unspecified atom stereocenters. The van der Waals surface area contributed by atoms with E-state index in [1.54, 1.807) is 12.6 Å². The zero-order chi connectivity index (χ0) is 12.8. The van der Waals surface area contributed by atoms with Crippen molar-refractivity contribution in [3.05, 3.63) is 36.5 Å². The van der Waals surface area contributed by atoms with E-state index in [4.69, 9.17) is 4.42 Å². The zero-order valence-corrected chi connectivity index (χ0v) is 10.7. The average Bonchev–Trinajstić information content (AvgIpc) is 2.82. The van der Waals surface area contributed by atoms with Crippen LogP contribution in [0.5, 0.6) is 0 Å². The van der Waals surface area contributed by atoms with Crippen molar-refractivity contribution in [2.45, 2.75) is 26.3 Å². The molecule has 0 spiro atoms. The van der Waals surface area contributed by atoms with E-state index in [1.165, 1.54) is 0 Å². The quantitative estimate of drug-likeness (QED) is 0.820. The Morgan fingerprint density at radius 3 is 2.89 bits per heavy atom. The molecule has 5 heteroatoms. The number of nitrogens with zero attached hydrogens (tertiary/aromatic N) is 2. The molecule has 0 aliphatic heterocycles. The van der Waals surface area contributed by atoms with E-state index in [9.17, 15) is 0 Å². The summed E-state index contributed by atoms with van der Waals surface area (Å²) in [4.78, 5) is 8.33. The lowest BCUT2D eigenvalue weighted by atomic mass is 10.2. The monoisotopic (exact) mass is 246 g/mol. The Balaban J connectivity index is 1.93. The lowest BCUT2D eigenvalue weighted by molar-refractivity contribution is 0.497. The fourth-order valence-corrected chi connectivity index (χ4v) is 1.75. The molecule has 0 saturated carbocycles. The second-order valence-electron chi connectivity index (χ2n) is 4.15. The minimum atomic E-state index is 0.250. The topological polar surface area (TPSA) is 63.0 Å². The van der Waals surface area contributed by atoms with Crippen molar-refractivity contribution < 1.29 is 4.42 Å². The van der Waals surface area contributed by atoms with Crippen molar-refractivity contribution in [3.8, 4) is 0 Å². The highest BCUT2D eigenvalue weighted by atomic mass is 16.3. The van der Waals surface area contributed by atoms with E-state index < -0.39 is 0 Å². The van der Waals surface area contributed by atoms with Crippen LogP contribution in [0.2, 0.25) is 0 Å². The van der Waals surface area contributed by atoms with Crippen molar-refractivity contribution in [1.82, 2.24) is 9.97 Å². The molecule has 96 valence electrons. The first-order chi connectivity index (χ1) is 8.78. The van der Waals surface area contributed by atoms with Crippen molar-refractivity contribution in [2.24, 2.45) is 0 Å². The second kappa shape index (κ2) is 6.05. The first-order valence-electron chi connectivity index (χ1n) is 6.12. The number of anilines is 2. The number of rotatable bonds is 6. The lowest BCUT2D eigenvalue weighted by Crippen LogP contribution is -2.18. The second-order valence-corrected chi connectivity index (χ2v) is 4.15. The van der Waals surface area contributed by atoms with Gasteiger partial charge >= 0.3 is 0 Å². The smallest absolute Gasteiger partial charge is 0.131 e. The molecular weight excluding hydrogens is 228 g/mol. The first kappa shape index (κ1) is 12.4. The lowest BCUT2D eigenvalue weighted by Gasteiger charge is -2.13. The molecule has 0 radical (unpaired) electrons. The van der Waals surface area contributed by atoms with Crippen LogP contribution in [-0.4, -0.2) is 22.6 Å². The summed E-state index contributed by atoms with van der Waals surface area (Å²) in [7, 11) is 0. The third kappa shape index (κ3) is 3.48. The molecule has 0 saturated heterocycles. The van der Waals surface area contributed by atoms with Crippen LogP contribution in [0.1, 0.15) is 19.6 Å². The van der Waals surface area contributed by atoms with E-state index in [0.717, 1.165) is 30.4 Å². The Morgan fingerprint density at radius 2 is 2.17 bits per heavy atom. The molecule has 2 aromatic rings. The Morgan fingerprint density at radius 1 is 1.33 bits per heavy atom. The van der Waals surface area contributed by atoms with Crippen LogP contribution in [-0.2, 0) is 6.42 Å². The summed E-state index contributed by atoms with van der Waals surface area (Å²) >= 11 is 0. The molecule has 0 fully saturated rings. The molecule has 0 bridgehead atoms. The third-order valence-electron chi connectivity index (χ3n) is 2.51. The van der Waals surface area contributed by atoms with Crippen LogP contribution >= 0.6 is 0 Å². The van der Waals surface area contributed by atoms with Crippen molar-refractivity contribution in [1.29, 1.82) is 0 Å². The largest absolute Gasteiger partial charge is 0.469 e. The number of aromatic nitrogens is 2. The van der Waals surface area contributed by atoms with E-state index in [-0.39, 0.29) is 6.04 Å². The minimum Gasteiger partial charge on any atom is -0.469 e. The number of hydrogen-bond donors (Lipinski definition) is 2. The van der Waals surface area contributed by atoms with Gasteiger partial charge in [0.25, 0.3) is 0 Å². The van der Waals surface area contributed by atoms with Gasteiger partial charge in [0.15, 0.2) is 0 Å². The molecule has 2 aromatic heterocycles. The normalized spacial score (nSPS) is 12.1. The van der Waals surface area contributed by atoms with Gasteiger partial charge in [-0.1, -0.05) is 0 Å². The van der Waals surface area contributed by atoms with Crippen LogP contribution < -0.4 is 10.6 Å². The highest BCUT2D eigenvalue weighted by Gasteiger charge is 2.06. The first-order valence-corrected chi connectivity index (χ1v) is 6.12. The number of furan rings is 1. The predicted octanol–water partition coefficient (Wildman–Crippen LogP) is 2.54. The van der Waals surface area contributed by atoms with Gasteiger partial charge < -0.3 is 15.1 Å². The molecule has 0 aromatic carbocycles. The van der Waals surface area contributed by atoms with Gasteiger partial charge in [-0.15, -0.1) is 0 Å². The molecule has 5 nitrogen and oxygen atoms in total. The fraction of sp³-hybridized carbons (Fsp3) is 0.385. The van der Waals surface area contributed by atoms with Crippen LogP contribution in [0.15, 0.2) is 35.2 Å².